The van der Waals surface area contributed by atoms with Gasteiger partial charge in [-0.1, -0.05) is 18.2 Å². The minimum Gasteiger partial charge on any atom is -0.419 e. The molecular formula is C21H17FN4O2. The zero-order valence-electron chi connectivity index (χ0n) is 15.0. The first-order chi connectivity index (χ1) is 13.6. The fourth-order valence-corrected chi connectivity index (χ4v) is 4.41. The number of halogens is 1. The van der Waals surface area contributed by atoms with Crippen molar-refractivity contribution in [1.29, 1.82) is 5.26 Å². The summed E-state index contributed by atoms with van der Waals surface area (Å²) < 4.78 is 21.9. The lowest BCUT2D eigenvalue weighted by molar-refractivity contribution is 0.275. The third kappa shape index (κ3) is 2.61. The van der Waals surface area contributed by atoms with Gasteiger partial charge < -0.3 is 13.9 Å². The summed E-state index contributed by atoms with van der Waals surface area (Å²) in [7, 11) is 0. The largest absolute Gasteiger partial charge is 0.419 e. The summed E-state index contributed by atoms with van der Waals surface area (Å²) in [5.41, 5.74) is 1.43. The molecule has 5 rings (SSSR count). The van der Waals surface area contributed by atoms with Gasteiger partial charge in [0.05, 0.1) is 5.56 Å². The fraction of sp³-hybridized carbons (Fsp3) is 0.286. The van der Waals surface area contributed by atoms with Crippen LogP contribution in [0.1, 0.15) is 23.7 Å². The van der Waals surface area contributed by atoms with E-state index in [1.165, 1.54) is 6.07 Å². The number of pyridine rings is 1. The summed E-state index contributed by atoms with van der Waals surface area (Å²) >= 11 is 0. The number of rotatable bonds is 2. The van der Waals surface area contributed by atoms with E-state index in [9.17, 15) is 14.4 Å². The molecule has 2 unspecified atom stereocenters. The average molecular weight is 376 g/mol. The number of hydrogen-bond acceptors (Lipinski definition) is 5. The third-order valence-corrected chi connectivity index (χ3v) is 5.59. The number of fused-ring (bicyclic) bond motifs is 4. The Labute approximate surface area is 160 Å². The summed E-state index contributed by atoms with van der Waals surface area (Å²) in [5.74, 6) is 0.498. The van der Waals surface area contributed by atoms with Crippen LogP contribution in [0.4, 0.5) is 10.3 Å². The monoisotopic (exact) mass is 376 g/mol. The van der Waals surface area contributed by atoms with Gasteiger partial charge in [-0.2, -0.15) is 10.2 Å². The second-order valence-corrected chi connectivity index (χ2v) is 7.37. The van der Waals surface area contributed by atoms with Crippen molar-refractivity contribution < 1.29 is 8.81 Å². The van der Waals surface area contributed by atoms with Crippen LogP contribution in [0.5, 0.6) is 0 Å². The van der Waals surface area contributed by atoms with Gasteiger partial charge in [-0.25, -0.2) is 4.39 Å². The summed E-state index contributed by atoms with van der Waals surface area (Å²) in [6.07, 6.45) is 0.996. The van der Waals surface area contributed by atoms with Crippen molar-refractivity contribution in [3.8, 4) is 17.5 Å². The van der Waals surface area contributed by atoms with E-state index in [-0.39, 0.29) is 34.5 Å². The number of hydrogen-bond donors (Lipinski definition) is 0. The number of aromatic nitrogens is 2. The van der Waals surface area contributed by atoms with Crippen LogP contribution in [0, 0.1) is 23.1 Å². The summed E-state index contributed by atoms with van der Waals surface area (Å²) in [5, 5.41) is 9.54. The Morgan fingerprint density at radius 1 is 1.14 bits per heavy atom. The molecule has 2 atom stereocenters. The maximum absolute atomic E-state index is 14.1. The standard InChI is InChI=1S/C21H17FN4O2/c22-16-5-2-1-4-15(16)20-24-17(9-23)21(28-20)25-10-13-8-14(12-25)18-6-3-7-19(27)26(18)11-13/h1-7,13-14H,8,10-12H2. The van der Waals surface area contributed by atoms with Crippen molar-refractivity contribution in [3.05, 3.63) is 70.0 Å². The van der Waals surface area contributed by atoms with Crippen LogP contribution in [-0.2, 0) is 6.54 Å². The van der Waals surface area contributed by atoms with E-state index in [1.807, 2.05) is 15.5 Å². The smallest absolute Gasteiger partial charge is 0.250 e. The van der Waals surface area contributed by atoms with Crippen LogP contribution < -0.4 is 10.5 Å². The molecule has 0 aliphatic carbocycles. The van der Waals surface area contributed by atoms with Crippen LogP contribution in [0.3, 0.4) is 0 Å². The molecule has 1 saturated heterocycles. The summed E-state index contributed by atoms with van der Waals surface area (Å²) in [6.45, 7) is 1.94. The molecule has 7 heteroatoms. The van der Waals surface area contributed by atoms with Gasteiger partial charge in [0.1, 0.15) is 11.9 Å². The highest BCUT2D eigenvalue weighted by molar-refractivity contribution is 5.60. The first-order valence-corrected chi connectivity index (χ1v) is 9.24. The lowest BCUT2D eigenvalue weighted by atomic mass is 9.83. The molecule has 0 N–H and O–H groups in total. The molecule has 2 bridgehead atoms. The number of nitrogens with zero attached hydrogens (tertiary/aromatic N) is 4. The number of benzene rings is 1. The molecule has 1 aromatic carbocycles. The van der Waals surface area contributed by atoms with Gasteiger partial charge in [-0.3, -0.25) is 4.79 Å². The number of oxazole rings is 1. The second-order valence-electron chi connectivity index (χ2n) is 7.37. The predicted octanol–water partition coefficient (Wildman–Crippen LogP) is 3.14. The first-order valence-electron chi connectivity index (χ1n) is 9.24. The van der Waals surface area contributed by atoms with E-state index in [4.69, 9.17) is 4.42 Å². The highest BCUT2D eigenvalue weighted by Gasteiger charge is 2.37. The van der Waals surface area contributed by atoms with Crippen LogP contribution in [0.15, 0.2) is 51.7 Å². The van der Waals surface area contributed by atoms with Gasteiger partial charge in [-0.05, 0) is 30.5 Å². The molecule has 0 radical (unpaired) electrons. The highest BCUT2D eigenvalue weighted by atomic mass is 19.1. The van der Waals surface area contributed by atoms with E-state index in [1.54, 1.807) is 30.3 Å². The molecular weight excluding hydrogens is 359 g/mol. The van der Waals surface area contributed by atoms with E-state index in [0.717, 1.165) is 12.1 Å². The van der Waals surface area contributed by atoms with Crippen molar-refractivity contribution >= 4 is 5.88 Å². The van der Waals surface area contributed by atoms with Crippen LogP contribution in [0.2, 0.25) is 0 Å². The Hall–Kier alpha value is -3.40. The molecule has 140 valence electrons. The van der Waals surface area contributed by atoms with Crippen LogP contribution >= 0.6 is 0 Å². The van der Waals surface area contributed by atoms with Crippen LogP contribution in [-0.4, -0.2) is 22.6 Å². The molecule has 6 nitrogen and oxygen atoms in total. The van der Waals surface area contributed by atoms with Crippen molar-refractivity contribution in [2.75, 3.05) is 18.0 Å². The lowest BCUT2D eigenvalue weighted by Gasteiger charge is -2.42. The van der Waals surface area contributed by atoms with Crippen molar-refractivity contribution in [2.24, 2.45) is 5.92 Å². The van der Waals surface area contributed by atoms with Gasteiger partial charge in [-0.15, -0.1) is 0 Å². The van der Waals surface area contributed by atoms with Gasteiger partial charge in [0.15, 0.2) is 0 Å². The molecule has 28 heavy (non-hydrogen) atoms. The van der Waals surface area contributed by atoms with Crippen molar-refractivity contribution in [3.63, 3.8) is 0 Å². The Bertz CT molecular complexity index is 1160. The van der Waals surface area contributed by atoms with Crippen molar-refractivity contribution in [2.45, 2.75) is 18.9 Å². The lowest BCUT2D eigenvalue weighted by Crippen LogP contribution is -2.47. The molecule has 0 amide bonds. The SMILES string of the molecule is N#Cc1nc(-c2ccccc2F)oc1N1CC2CC(C1)c1cccc(=O)n1C2. The van der Waals surface area contributed by atoms with E-state index in [0.29, 0.717) is 25.5 Å². The summed E-state index contributed by atoms with van der Waals surface area (Å²) in [4.78, 5) is 18.4. The van der Waals surface area contributed by atoms with Gasteiger partial charge in [0.25, 0.3) is 5.56 Å². The van der Waals surface area contributed by atoms with E-state index >= 15 is 0 Å². The Kier molecular flexibility index (Phi) is 3.79. The molecule has 4 heterocycles. The quantitative estimate of drug-likeness (QED) is 0.687. The molecule has 2 aliphatic rings. The average Bonchev–Trinajstić information content (AvgIpc) is 3.13. The fourth-order valence-electron chi connectivity index (χ4n) is 4.41. The molecule has 3 aromatic rings. The molecule has 2 aromatic heterocycles. The maximum Gasteiger partial charge on any atom is 0.250 e. The van der Waals surface area contributed by atoms with Gasteiger partial charge >= 0.3 is 0 Å². The molecule has 0 spiro atoms. The molecule has 2 aliphatic heterocycles. The first kappa shape index (κ1) is 16.8. The number of nitriles is 1. The van der Waals surface area contributed by atoms with Crippen molar-refractivity contribution in [1.82, 2.24) is 9.55 Å². The maximum atomic E-state index is 14.1. The number of piperidine rings is 1. The molecule has 1 fully saturated rings. The second kappa shape index (κ2) is 6.34. The minimum atomic E-state index is -0.441. The normalized spacial score (nSPS) is 20.5. The third-order valence-electron chi connectivity index (χ3n) is 5.59. The zero-order chi connectivity index (χ0) is 19.3. The van der Waals surface area contributed by atoms with Gasteiger partial charge in [0, 0.05) is 37.3 Å². The topological polar surface area (TPSA) is 75.1 Å². The number of anilines is 1. The van der Waals surface area contributed by atoms with E-state index in [2.05, 4.69) is 11.1 Å². The predicted molar refractivity (Wildman–Crippen MR) is 100 cm³/mol. The zero-order valence-corrected chi connectivity index (χ0v) is 15.0. The minimum absolute atomic E-state index is 0.0277. The van der Waals surface area contributed by atoms with Crippen LogP contribution in [0.25, 0.3) is 11.5 Å². The Balaban J connectivity index is 1.52. The summed E-state index contributed by atoms with van der Waals surface area (Å²) in [6, 6.07) is 13.7. The van der Waals surface area contributed by atoms with E-state index < -0.39 is 5.82 Å². The molecule has 0 saturated carbocycles. The van der Waals surface area contributed by atoms with Gasteiger partial charge in [0.2, 0.25) is 17.5 Å². The Morgan fingerprint density at radius 2 is 2.00 bits per heavy atom. The highest BCUT2D eigenvalue weighted by Crippen LogP contribution is 2.39. The Morgan fingerprint density at radius 3 is 2.82 bits per heavy atom.